The van der Waals surface area contributed by atoms with Crippen LogP contribution in [0.3, 0.4) is 0 Å². The molecule has 2 rings (SSSR count). The van der Waals surface area contributed by atoms with Crippen molar-refractivity contribution in [3.05, 3.63) is 41.9 Å². The summed E-state index contributed by atoms with van der Waals surface area (Å²) in [7, 11) is 0. The van der Waals surface area contributed by atoms with Crippen LogP contribution in [0, 0.1) is 0 Å². The topological polar surface area (TPSA) is 104 Å². The Bertz CT molecular complexity index is 747. The van der Waals surface area contributed by atoms with Gasteiger partial charge in [-0.1, -0.05) is 6.92 Å². The van der Waals surface area contributed by atoms with E-state index in [0.29, 0.717) is 11.4 Å². The minimum Gasteiger partial charge on any atom is -0.478 e. The highest BCUT2D eigenvalue weighted by molar-refractivity contribution is 5.91. The minimum absolute atomic E-state index is 0.185. The molecule has 0 fully saturated rings. The smallest absolute Gasteiger partial charge is 0.407 e. The van der Waals surface area contributed by atoms with E-state index >= 15 is 0 Å². The Morgan fingerprint density at radius 3 is 2.52 bits per heavy atom. The second-order valence-corrected chi connectivity index (χ2v) is 6.84. The van der Waals surface area contributed by atoms with Crippen molar-refractivity contribution >= 4 is 12.1 Å². The van der Waals surface area contributed by atoms with Gasteiger partial charge in [0.15, 0.2) is 0 Å². The van der Waals surface area contributed by atoms with Gasteiger partial charge in [0.05, 0.1) is 5.56 Å². The molecule has 0 radical (unpaired) electrons. The third-order valence-corrected chi connectivity index (χ3v) is 3.51. The standard InChI is InChI=1S/C18H23N3O4/c1-11(10-20-17(24)25-18(2,3)4)15-13(16(22)23)9-14(21-15)12-5-7-19-8-6-12/h5-9,11,21H,10H2,1-4H3,(H,20,24)(H,22,23). The van der Waals surface area contributed by atoms with Gasteiger partial charge >= 0.3 is 12.1 Å². The van der Waals surface area contributed by atoms with Crippen molar-refractivity contribution in [1.29, 1.82) is 0 Å². The predicted molar refractivity (Wildman–Crippen MR) is 93.6 cm³/mol. The summed E-state index contributed by atoms with van der Waals surface area (Å²) in [4.78, 5) is 30.4. The molecule has 2 heterocycles. The summed E-state index contributed by atoms with van der Waals surface area (Å²) in [6.07, 6.45) is 2.75. The fourth-order valence-electron chi connectivity index (χ4n) is 2.38. The van der Waals surface area contributed by atoms with Gasteiger partial charge in [0, 0.05) is 41.8 Å². The van der Waals surface area contributed by atoms with Gasteiger partial charge in [0.2, 0.25) is 0 Å². The molecule has 7 nitrogen and oxygen atoms in total. The highest BCUT2D eigenvalue weighted by Gasteiger charge is 2.22. The normalized spacial score (nSPS) is 12.5. The highest BCUT2D eigenvalue weighted by atomic mass is 16.6. The second-order valence-electron chi connectivity index (χ2n) is 6.84. The average molecular weight is 345 g/mol. The number of amides is 1. The lowest BCUT2D eigenvalue weighted by Gasteiger charge is -2.20. The Morgan fingerprint density at radius 2 is 1.96 bits per heavy atom. The fourth-order valence-corrected chi connectivity index (χ4v) is 2.38. The number of rotatable bonds is 5. The van der Waals surface area contributed by atoms with E-state index < -0.39 is 17.7 Å². The van der Waals surface area contributed by atoms with Crippen molar-refractivity contribution in [2.24, 2.45) is 0 Å². The van der Waals surface area contributed by atoms with Crippen LogP contribution < -0.4 is 5.32 Å². The van der Waals surface area contributed by atoms with Gasteiger partial charge < -0.3 is 20.1 Å². The number of carbonyl (C=O) groups excluding carboxylic acids is 1. The molecule has 0 bridgehead atoms. The number of alkyl carbamates (subject to hydrolysis) is 1. The number of pyridine rings is 1. The molecule has 0 aliphatic heterocycles. The zero-order valence-corrected chi connectivity index (χ0v) is 14.8. The van der Waals surface area contributed by atoms with E-state index in [0.717, 1.165) is 5.56 Å². The monoisotopic (exact) mass is 345 g/mol. The first kappa shape index (κ1) is 18.5. The number of aromatic nitrogens is 2. The van der Waals surface area contributed by atoms with Gasteiger partial charge in [-0.15, -0.1) is 0 Å². The van der Waals surface area contributed by atoms with Crippen molar-refractivity contribution < 1.29 is 19.4 Å². The molecule has 0 saturated heterocycles. The van der Waals surface area contributed by atoms with E-state index in [2.05, 4.69) is 15.3 Å². The number of nitrogens with one attached hydrogen (secondary N) is 2. The van der Waals surface area contributed by atoms with Crippen LogP contribution in [-0.4, -0.2) is 39.3 Å². The summed E-state index contributed by atoms with van der Waals surface area (Å²) in [5.41, 5.74) is 1.69. The molecule has 7 heteroatoms. The SMILES string of the molecule is CC(CNC(=O)OC(C)(C)C)c1[nH]c(-c2ccncc2)cc1C(=O)O. The van der Waals surface area contributed by atoms with Crippen molar-refractivity contribution in [1.82, 2.24) is 15.3 Å². The van der Waals surface area contributed by atoms with Crippen LogP contribution in [0.25, 0.3) is 11.3 Å². The van der Waals surface area contributed by atoms with Crippen molar-refractivity contribution in [3.8, 4) is 11.3 Å². The number of aromatic carboxylic acids is 1. The Hall–Kier alpha value is -2.83. The van der Waals surface area contributed by atoms with Crippen molar-refractivity contribution in [2.45, 2.75) is 39.2 Å². The Kier molecular flexibility index (Phi) is 5.46. The van der Waals surface area contributed by atoms with Gasteiger partial charge in [-0.25, -0.2) is 9.59 Å². The van der Waals surface area contributed by atoms with E-state index in [4.69, 9.17) is 4.74 Å². The first-order valence-corrected chi connectivity index (χ1v) is 8.01. The van der Waals surface area contributed by atoms with Crippen LogP contribution in [-0.2, 0) is 4.74 Å². The molecular formula is C18H23N3O4. The summed E-state index contributed by atoms with van der Waals surface area (Å²) < 4.78 is 5.19. The van der Waals surface area contributed by atoms with E-state index in [-0.39, 0.29) is 18.0 Å². The summed E-state index contributed by atoms with van der Waals surface area (Å²) in [5.74, 6) is -1.25. The summed E-state index contributed by atoms with van der Waals surface area (Å²) in [5, 5.41) is 12.1. The molecule has 134 valence electrons. The number of aromatic amines is 1. The van der Waals surface area contributed by atoms with Gasteiger partial charge in [-0.05, 0) is 39.0 Å². The molecule has 0 saturated carbocycles. The molecule has 1 unspecified atom stereocenters. The van der Waals surface area contributed by atoms with E-state index in [9.17, 15) is 14.7 Å². The van der Waals surface area contributed by atoms with Crippen LogP contribution in [0.2, 0.25) is 0 Å². The quantitative estimate of drug-likeness (QED) is 0.770. The largest absolute Gasteiger partial charge is 0.478 e. The maximum Gasteiger partial charge on any atom is 0.407 e. The molecule has 2 aromatic heterocycles. The number of carboxylic acids is 1. The maximum absolute atomic E-state index is 11.8. The highest BCUT2D eigenvalue weighted by Crippen LogP contribution is 2.26. The molecule has 0 aliphatic carbocycles. The third-order valence-electron chi connectivity index (χ3n) is 3.51. The van der Waals surface area contributed by atoms with Gasteiger partial charge in [-0.2, -0.15) is 0 Å². The first-order valence-electron chi connectivity index (χ1n) is 8.01. The maximum atomic E-state index is 11.8. The second kappa shape index (κ2) is 7.38. The summed E-state index contributed by atoms with van der Waals surface area (Å²) >= 11 is 0. The molecule has 0 aliphatic rings. The molecule has 2 aromatic rings. The molecular weight excluding hydrogens is 322 g/mol. The summed E-state index contributed by atoms with van der Waals surface area (Å²) in [6, 6.07) is 5.19. The Morgan fingerprint density at radius 1 is 1.32 bits per heavy atom. The zero-order valence-electron chi connectivity index (χ0n) is 14.8. The van der Waals surface area contributed by atoms with Gasteiger partial charge in [0.1, 0.15) is 5.60 Å². The summed E-state index contributed by atoms with van der Waals surface area (Å²) in [6.45, 7) is 7.44. The van der Waals surface area contributed by atoms with Gasteiger partial charge in [-0.3, -0.25) is 4.98 Å². The van der Waals surface area contributed by atoms with E-state index in [1.54, 1.807) is 51.4 Å². The number of ether oxygens (including phenoxy) is 1. The fraction of sp³-hybridized carbons (Fsp3) is 0.389. The third kappa shape index (κ3) is 5.07. The van der Waals surface area contributed by atoms with Crippen LogP contribution in [0.5, 0.6) is 0 Å². The van der Waals surface area contributed by atoms with E-state index in [1.165, 1.54) is 0 Å². The van der Waals surface area contributed by atoms with E-state index in [1.807, 2.05) is 6.92 Å². The molecule has 0 spiro atoms. The average Bonchev–Trinajstić information content (AvgIpc) is 2.97. The lowest BCUT2D eigenvalue weighted by atomic mass is 10.0. The predicted octanol–water partition coefficient (Wildman–Crippen LogP) is 3.40. The van der Waals surface area contributed by atoms with Crippen LogP contribution >= 0.6 is 0 Å². The first-order chi connectivity index (χ1) is 11.7. The zero-order chi connectivity index (χ0) is 18.6. The van der Waals surface area contributed by atoms with Gasteiger partial charge in [0.25, 0.3) is 0 Å². The minimum atomic E-state index is -1.02. The Balaban J connectivity index is 2.16. The number of carboxylic acid groups (broad SMARTS) is 1. The Labute approximate surface area is 146 Å². The molecule has 0 aromatic carbocycles. The number of hydrogen-bond acceptors (Lipinski definition) is 4. The molecule has 1 amide bonds. The van der Waals surface area contributed by atoms with Crippen LogP contribution in [0.4, 0.5) is 4.79 Å². The molecule has 1 atom stereocenters. The van der Waals surface area contributed by atoms with Crippen LogP contribution in [0.15, 0.2) is 30.6 Å². The number of nitrogens with zero attached hydrogens (tertiary/aromatic N) is 1. The number of carbonyl (C=O) groups is 2. The van der Waals surface area contributed by atoms with Crippen molar-refractivity contribution in [3.63, 3.8) is 0 Å². The lowest BCUT2D eigenvalue weighted by Crippen LogP contribution is -2.34. The lowest BCUT2D eigenvalue weighted by molar-refractivity contribution is 0.0525. The molecule has 3 N–H and O–H groups in total. The number of hydrogen-bond donors (Lipinski definition) is 3. The van der Waals surface area contributed by atoms with Crippen molar-refractivity contribution in [2.75, 3.05) is 6.54 Å². The van der Waals surface area contributed by atoms with Crippen LogP contribution in [0.1, 0.15) is 49.7 Å². The molecule has 25 heavy (non-hydrogen) atoms. The number of H-pyrrole nitrogens is 1.